The monoisotopic (exact) mass is 521 g/mol. The molecule has 1 fully saturated rings. The maximum absolute atomic E-state index is 12.5. The third-order valence-corrected chi connectivity index (χ3v) is 4.97. The first-order valence-electron chi connectivity index (χ1n) is 11.4. The number of aliphatic carboxylic acids is 2. The van der Waals surface area contributed by atoms with E-state index in [1.807, 2.05) is 13.8 Å². The highest BCUT2D eigenvalue weighted by Crippen LogP contribution is 2.38. The molecule has 37 heavy (non-hydrogen) atoms. The van der Waals surface area contributed by atoms with Gasteiger partial charge < -0.3 is 34.6 Å². The van der Waals surface area contributed by atoms with Gasteiger partial charge in [0.15, 0.2) is 11.5 Å². The second-order valence-electron chi connectivity index (χ2n) is 8.13. The summed E-state index contributed by atoms with van der Waals surface area (Å²) < 4.78 is 16.0. The summed E-state index contributed by atoms with van der Waals surface area (Å²) in [5.41, 5.74) is 0.775. The molecule has 1 aliphatic heterocycles. The molecule has 1 aliphatic rings. The molecule has 2 rings (SSSR count). The zero-order valence-corrected chi connectivity index (χ0v) is 21.7. The minimum absolute atomic E-state index is 0.0158. The predicted molar refractivity (Wildman–Crippen MR) is 136 cm³/mol. The van der Waals surface area contributed by atoms with E-state index in [0.717, 1.165) is 5.56 Å². The number of benzene rings is 1. The molecule has 12 nitrogen and oxygen atoms in total. The summed E-state index contributed by atoms with van der Waals surface area (Å²) in [5.74, 6) is -0.984. The van der Waals surface area contributed by atoms with E-state index < -0.39 is 11.9 Å². The van der Waals surface area contributed by atoms with E-state index in [1.54, 1.807) is 50.5 Å². The Hall–Kier alpha value is -4.06. The normalized spacial score (nSPS) is 13.7. The number of rotatable bonds is 10. The Kier molecular flexibility index (Phi) is 13.3. The van der Waals surface area contributed by atoms with Crippen LogP contribution in [0.5, 0.6) is 17.2 Å². The summed E-state index contributed by atoms with van der Waals surface area (Å²) in [5, 5.41) is 18.5. The fourth-order valence-corrected chi connectivity index (χ4v) is 3.31. The summed E-state index contributed by atoms with van der Waals surface area (Å²) in [4.78, 5) is 47.4. The minimum Gasteiger partial charge on any atom is -0.493 e. The van der Waals surface area contributed by atoms with E-state index in [0.29, 0.717) is 62.1 Å². The number of hydrogen-bond donors (Lipinski definition) is 3. The van der Waals surface area contributed by atoms with Crippen LogP contribution in [0.2, 0.25) is 0 Å². The van der Waals surface area contributed by atoms with Crippen LogP contribution in [0.3, 0.4) is 0 Å². The number of nitrogens with one attached hydrogen (secondary N) is 1. The molecule has 0 bridgehead atoms. The van der Waals surface area contributed by atoms with Crippen molar-refractivity contribution >= 4 is 29.8 Å². The predicted octanol–water partition coefficient (Wildman–Crippen LogP) is 1.11. The highest BCUT2D eigenvalue weighted by Gasteiger charge is 2.21. The lowest BCUT2D eigenvalue weighted by Crippen LogP contribution is -2.51. The Morgan fingerprint density at radius 2 is 1.41 bits per heavy atom. The van der Waals surface area contributed by atoms with Crippen molar-refractivity contribution in [3.05, 3.63) is 35.9 Å². The number of amides is 2. The van der Waals surface area contributed by atoms with Crippen molar-refractivity contribution < 1.29 is 43.6 Å². The van der Waals surface area contributed by atoms with Crippen LogP contribution < -0.4 is 19.5 Å². The van der Waals surface area contributed by atoms with Crippen LogP contribution in [-0.2, 0) is 19.2 Å². The van der Waals surface area contributed by atoms with Crippen molar-refractivity contribution in [1.29, 1.82) is 0 Å². The first-order valence-corrected chi connectivity index (χ1v) is 11.4. The standard InChI is InChI=1S/C21H31N3O5.C4H4O4/c1-15(2)22-19(25)14-23-8-10-24(11-9-23)20(26)7-6-16-12-17(27-3)21(29-5)18(13-16)28-4;5-3(6)1-2-4(7)8/h6-7,12-13,15H,8-11,14H2,1-5H3,(H,22,25);1-2H,(H,5,6)(H,7,8)/b7-6+;2-1+. The second-order valence-corrected chi connectivity index (χ2v) is 8.13. The Morgan fingerprint density at radius 1 is 0.892 bits per heavy atom. The average Bonchev–Trinajstić information content (AvgIpc) is 2.85. The summed E-state index contributed by atoms with van der Waals surface area (Å²) in [7, 11) is 4.65. The minimum atomic E-state index is -1.26. The van der Waals surface area contributed by atoms with Crippen LogP contribution in [-0.4, -0.2) is 104 Å². The van der Waals surface area contributed by atoms with Gasteiger partial charge in [-0.1, -0.05) is 0 Å². The van der Waals surface area contributed by atoms with Crippen LogP contribution >= 0.6 is 0 Å². The molecular formula is C25H35N3O9. The van der Waals surface area contributed by atoms with Gasteiger partial charge in [0.2, 0.25) is 17.6 Å². The number of carbonyl (C=O) groups is 4. The number of carboxylic acids is 2. The molecule has 3 N–H and O–H groups in total. The smallest absolute Gasteiger partial charge is 0.328 e. The highest BCUT2D eigenvalue weighted by molar-refractivity contribution is 5.92. The van der Waals surface area contributed by atoms with Crippen LogP contribution in [0.25, 0.3) is 6.08 Å². The van der Waals surface area contributed by atoms with Gasteiger partial charge in [-0.25, -0.2) is 9.59 Å². The molecule has 0 atom stereocenters. The molecule has 204 valence electrons. The molecule has 0 aromatic heterocycles. The first kappa shape index (κ1) is 31.0. The van der Waals surface area contributed by atoms with Crippen molar-refractivity contribution in [2.75, 3.05) is 54.1 Å². The van der Waals surface area contributed by atoms with Gasteiger partial charge >= 0.3 is 11.9 Å². The summed E-state index contributed by atoms with van der Waals surface area (Å²) in [6.07, 6.45) is 4.39. The number of carboxylic acid groups (broad SMARTS) is 2. The van der Waals surface area contributed by atoms with Crippen molar-refractivity contribution in [2.45, 2.75) is 19.9 Å². The molecule has 0 unspecified atom stereocenters. The lowest BCUT2D eigenvalue weighted by atomic mass is 10.1. The maximum atomic E-state index is 12.5. The van der Waals surface area contributed by atoms with Crippen molar-refractivity contribution in [3.63, 3.8) is 0 Å². The van der Waals surface area contributed by atoms with Gasteiger partial charge in [-0.3, -0.25) is 14.5 Å². The van der Waals surface area contributed by atoms with Gasteiger partial charge in [0, 0.05) is 50.4 Å². The van der Waals surface area contributed by atoms with E-state index in [9.17, 15) is 19.2 Å². The van der Waals surface area contributed by atoms with E-state index in [-0.39, 0.29) is 17.9 Å². The SMILES string of the molecule is COc1cc(/C=C/C(=O)N2CCN(CC(=O)NC(C)C)CC2)cc(OC)c1OC.O=C(O)/C=C/C(=O)O. The molecule has 0 spiro atoms. The fourth-order valence-electron chi connectivity index (χ4n) is 3.31. The molecular weight excluding hydrogens is 486 g/mol. The molecule has 12 heteroatoms. The first-order chi connectivity index (χ1) is 17.5. The fraction of sp³-hybridized carbons (Fsp3) is 0.440. The summed E-state index contributed by atoms with van der Waals surface area (Å²) in [6.45, 7) is 6.77. The lowest BCUT2D eigenvalue weighted by molar-refractivity contribution is -0.134. The van der Waals surface area contributed by atoms with Gasteiger partial charge in [0.1, 0.15) is 0 Å². The molecule has 1 aromatic rings. The maximum Gasteiger partial charge on any atom is 0.328 e. The number of carbonyl (C=O) groups excluding carboxylic acids is 2. The molecule has 1 heterocycles. The van der Waals surface area contributed by atoms with E-state index in [1.165, 1.54) is 0 Å². The third-order valence-electron chi connectivity index (χ3n) is 4.97. The van der Waals surface area contributed by atoms with E-state index in [4.69, 9.17) is 24.4 Å². The van der Waals surface area contributed by atoms with Crippen LogP contribution in [0, 0.1) is 0 Å². The quantitative estimate of drug-likeness (QED) is 0.381. The van der Waals surface area contributed by atoms with E-state index >= 15 is 0 Å². The summed E-state index contributed by atoms with van der Waals surface area (Å²) in [6, 6.07) is 3.71. The molecule has 0 radical (unpaired) electrons. The average molecular weight is 522 g/mol. The Labute approximate surface area is 216 Å². The van der Waals surface area contributed by atoms with Crippen molar-refractivity contribution in [3.8, 4) is 17.2 Å². The molecule has 1 aromatic carbocycles. The number of hydrogen-bond acceptors (Lipinski definition) is 8. The Morgan fingerprint density at radius 3 is 1.81 bits per heavy atom. The van der Waals surface area contributed by atoms with Gasteiger partial charge in [-0.15, -0.1) is 0 Å². The molecule has 2 amide bonds. The lowest BCUT2D eigenvalue weighted by Gasteiger charge is -2.33. The zero-order chi connectivity index (χ0) is 28.0. The van der Waals surface area contributed by atoms with Gasteiger partial charge in [0.25, 0.3) is 0 Å². The van der Waals surface area contributed by atoms with Crippen LogP contribution in [0.15, 0.2) is 30.4 Å². The number of methoxy groups -OCH3 is 3. The summed E-state index contributed by atoms with van der Waals surface area (Å²) >= 11 is 0. The van der Waals surface area contributed by atoms with E-state index in [2.05, 4.69) is 10.2 Å². The molecule has 0 saturated carbocycles. The highest BCUT2D eigenvalue weighted by atomic mass is 16.5. The number of piperazine rings is 1. The Balaban J connectivity index is 0.000000738. The van der Waals surface area contributed by atoms with Crippen molar-refractivity contribution in [2.24, 2.45) is 0 Å². The Bertz CT molecular complexity index is 956. The number of nitrogens with zero attached hydrogens (tertiary/aromatic N) is 2. The molecule has 0 aliphatic carbocycles. The molecule has 1 saturated heterocycles. The van der Waals surface area contributed by atoms with Crippen molar-refractivity contribution in [1.82, 2.24) is 15.1 Å². The second kappa shape index (κ2) is 15.8. The van der Waals surface area contributed by atoms with Gasteiger partial charge in [-0.05, 0) is 37.6 Å². The van der Waals surface area contributed by atoms with Crippen LogP contribution in [0.4, 0.5) is 0 Å². The number of ether oxygens (including phenoxy) is 3. The largest absolute Gasteiger partial charge is 0.493 e. The topological polar surface area (TPSA) is 155 Å². The zero-order valence-electron chi connectivity index (χ0n) is 21.7. The van der Waals surface area contributed by atoms with Gasteiger partial charge in [-0.2, -0.15) is 0 Å². The third kappa shape index (κ3) is 11.5. The van der Waals surface area contributed by atoms with Crippen LogP contribution in [0.1, 0.15) is 19.4 Å². The van der Waals surface area contributed by atoms with Gasteiger partial charge in [0.05, 0.1) is 27.9 Å².